The molecule has 0 radical (unpaired) electrons. The van der Waals surface area contributed by atoms with E-state index in [1.165, 1.54) is 30.0 Å². The van der Waals surface area contributed by atoms with Crippen LogP contribution < -0.4 is 5.73 Å². The molecular weight excluding hydrogens is 258 g/mol. The third-order valence-electron chi connectivity index (χ3n) is 3.44. The lowest BCUT2D eigenvalue weighted by molar-refractivity contribution is -0.113. The number of hydrogen-bond acceptors (Lipinski definition) is 1. The van der Waals surface area contributed by atoms with Crippen molar-refractivity contribution in [3.05, 3.63) is 77.4 Å². The minimum Gasteiger partial charge on any atom is -0.366 e. The highest BCUT2D eigenvalue weighted by atomic mass is 16.1. The van der Waals surface area contributed by atoms with Crippen LogP contribution in [0.1, 0.15) is 29.5 Å². The van der Waals surface area contributed by atoms with E-state index in [4.69, 9.17) is 5.73 Å². The van der Waals surface area contributed by atoms with E-state index in [2.05, 4.69) is 42.5 Å². The van der Waals surface area contributed by atoms with Crippen molar-refractivity contribution in [2.24, 2.45) is 5.73 Å². The Morgan fingerprint density at radius 2 is 1.43 bits per heavy atom. The lowest BCUT2D eigenvalue weighted by Gasteiger charge is -2.03. The van der Waals surface area contributed by atoms with Gasteiger partial charge in [-0.25, -0.2) is 0 Å². The first-order valence-corrected chi connectivity index (χ1v) is 7.34. The molecule has 2 nitrogen and oxygen atoms in total. The Morgan fingerprint density at radius 1 is 0.857 bits per heavy atom. The maximum absolute atomic E-state index is 10.7. The number of carbonyl (C=O) groups excluding carboxylic acids is 1. The van der Waals surface area contributed by atoms with Gasteiger partial charge in [-0.05, 0) is 48.4 Å². The molecular formula is C19H21NO. The van der Waals surface area contributed by atoms with Crippen molar-refractivity contribution in [3.8, 4) is 0 Å². The molecule has 21 heavy (non-hydrogen) atoms. The molecule has 0 unspecified atom stereocenters. The molecule has 0 aromatic heterocycles. The largest absolute Gasteiger partial charge is 0.366 e. The van der Waals surface area contributed by atoms with Crippen LogP contribution in [0, 0.1) is 0 Å². The molecule has 0 saturated carbocycles. The SMILES string of the molecule is NC(=O)/C=C/c1ccc(CCCCc2ccccc2)cc1. The number of amides is 1. The summed E-state index contributed by atoms with van der Waals surface area (Å²) in [4.78, 5) is 10.7. The van der Waals surface area contributed by atoms with Gasteiger partial charge in [-0.1, -0.05) is 54.6 Å². The number of nitrogens with two attached hydrogens (primary N) is 1. The summed E-state index contributed by atoms with van der Waals surface area (Å²) in [5.41, 5.74) is 8.81. The van der Waals surface area contributed by atoms with Crippen LogP contribution in [0.4, 0.5) is 0 Å². The molecule has 1 amide bonds. The van der Waals surface area contributed by atoms with Crippen LogP contribution in [-0.2, 0) is 17.6 Å². The minimum absolute atomic E-state index is 0.417. The predicted molar refractivity (Wildman–Crippen MR) is 87.8 cm³/mol. The molecule has 0 bridgehead atoms. The summed E-state index contributed by atoms with van der Waals surface area (Å²) in [6.45, 7) is 0. The maximum atomic E-state index is 10.7. The van der Waals surface area contributed by atoms with Crippen LogP contribution in [0.3, 0.4) is 0 Å². The van der Waals surface area contributed by atoms with E-state index in [1.54, 1.807) is 6.08 Å². The number of unbranched alkanes of at least 4 members (excludes halogenated alkanes) is 1. The highest BCUT2D eigenvalue weighted by Crippen LogP contribution is 2.11. The lowest BCUT2D eigenvalue weighted by atomic mass is 10.0. The zero-order valence-electron chi connectivity index (χ0n) is 12.2. The lowest BCUT2D eigenvalue weighted by Crippen LogP contribution is -2.05. The van der Waals surface area contributed by atoms with Crippen molar-refractivity contribution in [2.45, 2.75) is 25.7 Å². The van der Waals surface area contributed by atoms with Gasteiger partial charge in [0.05, 0.1) is 0 Å². The summed E-state index contributed by atoms with van der Waals surface area (Å²) in [5.74, 6) is -0.417. The molecule has 0 spiro atoms. The molecule has 2 aromatic carbocycles. The number of primary amides is 1. The Morgan fingerprint density at radius 3 is 2.00 bits per heavy atom. The van der Waals surface area contributed by atoms with Crippen molar-refractivity contribution in [1.82, 2.24) is 0 Å². The normalized spacial score (nSPS) is 10.9. The zero-order chi connectivity index (χ0) is 14.9. The Kier molecular flexibility index (Phi) is 5.77. The summed E-state index contributed by atoms with van der Waals surface area (Å²) in [7, 11) is 0. The van der Waals surface area contributed by atoms with Gasteiger partial charge in [-0.15, -0.1) is 0 Å². The molecule has 0 heterocycles. The second-order valence-electron chi connectivity index (χ2n) is 5.17. The number of benzene rings is 2. The standard InChI is InChI=1S/C19H21NO/c20-19(21)15-14-18-12-10-17(11-13-18)9-5-4-8-16-6-2-1-3-7-16/h1-3,6-7,10-15H,4-5,8-9H2,(H2,20,21)/b15-14+. The van der Waals surface area contributed by atoms with E-state index in [0.29, 0.717) is 0 Å². The third-order valence-corrected chi connectivity index (χ3v) is 3.44. The highest BCUT2D eigenvalue weighted by molar-refractivity contribution is 5.90. The van der Waals surface area contributed by atoms with Crippen LogP contribution >= 0.6 is 0 Å². The summed E-state index contributed by atoms with van der Waals surface area (Å²) in [5, 5.41) is 0. The van der Waals surface area contributed by atoms with E-state index < -0.39 is 5.91 Å². The average molecular weight is 279 g/mol. The van der Waals surface area contributed by atoms with Gasteiger partial charge >= 0.3 is 0 Å². The monoisotopic (exact) mass is 279 g/mol. The Labute approximate surface area is 126 Å². The van der Waals surface area contributed by atoms with E-state index in [0.717, 1.165) is 18.4 Å². The molecule has 0 aliphatic heterocycles. The second-order valence-corrected chi connectivity index (χ2v) is 5.17. The number of rotatable bonds is 7. The van der Waals surface area contributed by atoms with Crippen LogP contribution in [-0.4, -0.2) is 5.91 Å². The van der Waals surface area contributed by atoms with E-state index in [-0.39, 0.29) is 0 Å². The summed E-state index contributed by atoms with van der Waals surface area (Å²) in [6, 6.07) is 18.9. The van der Waals surface area contributed by atoms with Crippen LogP contribution in [0.15, 0.2) is 60.7 Å². The van der Waals surface area contributed by atoms with Crippen molar-refractivity contribution in [2.75, 3.05) is 0 Å². The average Bonchev–Trinajstić information content (AvgIpc) is 2.52. The summed E-state index contributed by atoms with van der Waals surface area (Å²) in [6.07, 6.45) is 7.74. The summed E-state index contributed by atoms with van der Waals surface area (Å²) >= 11 is 0. The molecule has 0 aliphatic rings. The van der Waals surface area contributed by atoms with Crippen LogP contribution in [0.5, 0.6) is 0 Å². The van der Waals surface area contributed by atoms with Gasteiger partial charge in [-0.3, -0.25) is 4.79 Å². The van der Waals surface area contributed by atoms with Crippen LogP contribution in [0.25, 0.3) is 6.08 Å². The number of hydrogen-bond donors (Lipinski definition) is 1. The fraction of sp³-hybridized carbons (Fsp3) is 0.211. The molecule has 108 valence electrons. The first kappa shape index (κ1) is 15.0. The third kappa shape index (κ3) is 5.65. The van der Waals surface area contributed by atoms with Crippen molar-refractivity contribution in [1.29, 1.82) is 0 Å². The zero-order valence-corrected chi connectivity index (χ0v) is 12.2. The maximum Gasteiger partial charge on any atom is 0.241 e. The van der Waals surface area contributed by atoms with Gasteiger partial charge in [0.1, 0.15) is 0 Å². The highest BCUT2D eigenvalue weighted by Gasteiger charge is 1.96. The van der Waals surface area contributed by atoms with E-state index in [9.17, 15) is 4.79 Å². The predicted octanol–water partition coefficient (Wildman–Crippen LogP) is 3.75. The molecule has 0 atom stereocenters. The van der Waals surface area contributed by atoms with Crippen LogP contribution in [0.2, 0.25) is 0 Å². The molecule has 2 rings (SSSR count). The molecule has 2 heteroatoms. The Balaban J connectivity index is 1.75. The number of carbonyl (C=O) groups is 1. The Bertz CT molecular complexity index is 585. The Hall–Kier alpha value is -2.35. The van der Waals surface area contributed by atoms with Gasteiger partial charge in [-0.2, -0.15) is 0 Å². The molecule has 2 aromatic rings. The smallest absolute Gasteiger partial charge is 0.241 e. The van der Waals surface area contributed by atoms with E-state index in [1.807, 2.05) is 12.1 Å². The fourth-order valence-electron chi connectivity index (χ4n) is 2.28. The molecule has 0 fully saturated rings. The van der Waals surface area contributed by atoms with Crippen molar-refractivity contribution in [3.63, 3.8) is 0 Å². The number of aryl methyl sites for hydroxylation is 2. The van der Waals surface area contributed by atoms with Gasteiger partial charge in [0.2, 0.25) is 5.91 Å². The van der Waals surface area contributed by atoms with Crippen molar-refractivity contribution >= 4 is 12.0 Å². The molecule has 0 aliphatic carbocycles. The second kappa shape index (κ2) is 8.05. The van der Waals surface area contributed by atoms with Gasteiger partial charge in [0.25, 0.3) is 0 Å². The van der Waals surface area contributed by atoms with Gasteiger partial charge in [0, 0.05) is 6.08 Å². The topological polar surface area (TPSA) is 43.1 Å². The quantitative estimate of drug-likeness (QED) is 0.608. The molecule has 2 N–H and O–H groups in total. The first-order valence-electron chi connectivity index (χ1n) is 7.34. The fourth-order valence-corrected chi connectivity index (χ4v) is 2.28. The van der Waals surface area contributed by atoms with Gasteiger partial charge in [0.15, 0.2) is 0 Å². The van der Waals surface area contributed by atoms with E-state index >= 15 is 0 Å². The molecule has 0 saturated heterocycles. The van der Waals surface area contributed by atoms with Crippen molar-refractivity contribution < 1.29 is 4.79 Å². The first-order chi connectivity index (χ1) is 10.2. The summed E-state index contributed by atoms with van der Waals surface area (Å²) < 4.78 is 0. The van der Waals surface area contributed by atoms with Gasteiger partial charge < -0.3 is 5.73 Å². The minimum atomic E-state index is -0.417.